The van der Waals surface area contributed by atoms with Crippen LogP contribution in [-0.2, 0) is 22.1 Å². The van der Waals surface area contributed by atoms with Crippen molar-refractivity contribution < 1.29 is 22.6 Å². The number of alkyl halides is 3. The largest absolute Gasteiger partial charge is 0.416 e. The van der Waals surface area contributed by atoms with Crippen molar-refractivity contribution >= 4 is 0 Å². The van der Waals surface area contributed by atoms with E-state index in [2.05, 4.69) is 5.43 Å². The second-order valence-electron chi connectivity index (χ2n) is 4.45. The molecule has 1 aromatic carbocycles. The van der Waals surface area contributed by atoms with Gasteiger partial charge in [0, 0.05) is 13.2 Å². The van der Waals surface area contributed by atoms with Gasteiger partial charge in [0.05, 0.1) is 11.6 Å². The van der Waals surface area contributed by atoms with E-state index in [1.807, 2.05) is 13.8 Å². The molecule has 0 bridgehead atoms. The average Bonchev–Trinajstić information content (AvgIpc) is 2.44. The van der Waals surface area contributed by atoms with Crippen LogP contribution in [0, 0.1) is 0 Å². The van der Waals surface area contributed by atoms with Gasteiger partial charge in [0.25, 0.3) is 0 Å². The van der Waals surface area contributed by atoms with E-state index >= 15 is 0 Å². The Labute approximate surface area is 122 Å². The zero-order valence-electron chi connectivity index (χ0n) is 12.1. The Morgan fingerprint density at radius 3 is 2.00 bits per heavy atom. The SMILES string of the molecule is CCOC(OCC)C(Cc1ccc(C(F)(F)F)cc1)NN. The van der Waals surface area contributed by atoms with Crippen molar-refractivity contribution in [2.24, 2.45) is 5.84 Å². The minimum Gasteiger partial charge on any atom is -0.351 e. The van der Waals surface area contributed by atoms with E-state index in [0.29, 0.717) is 19.6 Å². The first-order chi connectivity index (χ1) is 9.92. The molecule has 1 unspecified atom stereocenters. The fourth-order valence-corrected chi connectivity index (χ4v) is 1.93. The zero-order valence-corrected chi connectivity index (χ0v) is 12.1. The Morgan fingerprint density at radius 1 is 1.10 bits per heavy atom. The van der Waals surface area contributed by atoms with E-state index in [9.17, 15) is 13.2 Å². The van der Waals surface area contributed by atoms with Gasteiger partial charge in [-0.25, -0.2) is 0 Å². The highest BCUT2D eigenvalue weighted by Crippen LogP contribution is 2.29. The van der Waals surface area contributed by atoms with E-state index in [4.69, 9.17) is 15.3 Å². The summed E-state index contributed by atoms with van der Waals surface area (Å²) in [5.41, 5.74) is 2.64. The van der Waals surface area contributed by atoms with Crippen molar-refractivity contribution in [3.05, 3.63) is 35.4 Å². The van der Waals surface area contributed by atoms with Crippen LogP contribution in [0.2, 0.25) is 0 Å². The molecule has 0 aliphatic carbocycles. The van der Waals surface area contributed by atoms with Gasteiger partial charge in [-0.2, -0.15) is 13.2 Å². The number of rotatable bonds is 8. The predicted octanol–water partition coefficient (Wildman–Crippen LogP) is 2.48. The molecule has 1 rings (SSSR count). The quantitative estimate of drug-likeness (QED) is 0.440. The van der Waals surface area contributed by atoms with E-state index in [0.717, 1.165) is 17.7 Å². The summed E-state index contributed by atoms with van der Waals surface area (Å²) in [7, 11) is 0. The summed E-state index contributed by atoms with van der Waals surface area (Å²) in [6, 6.07) is 4.63. The fraction of sp³-hybridized carbons (Fsp3) is 0.571. The summed E-state index contributed by atoms with van der Waals surface area (Å²) >= 11 is 0. The second-order valence-corrected chi connectivity index (χ2v) is 4.45. The Hall–Kier alpha value is -1.15. The van der Waals surface area contributed by atoms with Gasteiger partial charge in [-0.15, -0.1) is 0 Å². The monoisotopic (exact) mass is 306 g/mol. The van der Waals surface area contributed by atoms with Gasteiger partial charge in [-0.05, 0) is 38.0 Å². The summed E-state index contributed by atoms with van der Waals surface area (Å²) in [4.78, 5) is 0. The molecule has 21 heavy (non-hydrogen) atoms. The lowest BCUT2D eigenvalue weighted by molar-refractivity contribution is -0.153. The molecule has 1 atom stereocenters. The molecule has 1 aromatic rings. The maximum atomic E-state index is 12.5. The van der Waals surface area contributed by atoms with Crippen molar-refractivity contribution in [2.75, 3.05) is 13.2 Å². The van der Waals surface area contributed by atoms with Crippen LogP contribution in [0.5, 0.6) is 0 Å². The molecule has 0 saturated carbocycles. The van der Waals surface area contributed by atoms with Crippen LogP contribution in [0.4, 0.5) is 13.2 Å². The van der Waals surface area contributed by atoms with Crippen LogP contribution in [-0.4, -0.2) is 25.5 Å². The number of benzene rings is 1. The average molecular weight is 306 g/mol. The predicted molar refractivity (Wildman–Crippen MR) is 73.3 cm³/mol. The maximum Gasteiger partial charge on any atom is 0.416 e. The molecular formula is C14H21F3N2O2. The minimum absolute atomic E-state index is 0.346. The molecule has 0 amide bonds. The number of halogens is 3. The van der Waals surface area contributed by atoms with E-state index in [1.165, 1.54) is 12.1 Å². The lowest BCUT2D eigenvalue weighted by atomic mass is 10.0. The molecule has 0 fully saturated rings. The van der Waals surface area contributed by atoms with Crippen molar-refractivity contribution in [1.29, 1.82) is 0 Å². The summed E-state index contributed by atoms with van der Waals surface area (Å²) in [5.74, 6) is 5.49. The minimum atomic E-state index is -4.33. The normalized spacial score (nSPS) is 13.7. The highest BCUT2D eigenvalue weighted by molar-refractivity contribution is 5.25. The van der Waals surface area contributed by atoms with E-state index in [1.54, 1.807) is 0 Å². The Kier molecular flexibility index (Phi) is 7.10. The van der Waals surface area contributed by atoms with Gasteiger partial charge in [-0.3, -0.25) is 11.3 Å². The molecule has 3 N–H and O–H groups in total. The molecule has 0 aliphatic heterocycles. The lowest BCUT2D eigenvalue weighted by Crippen LogP contribution is -2.48. The number of ether oxygens (including phenoxy) is 2. The van der Waals surface area contributed by atoms with Gasteiger partial charge in [0.15, 0.2) is 6.29 Å². The second kappa shape index (κ2) is 8.33. The first-order valence-electron chi connectivity index (χ1n) is 6.77. The van der Waals surface area contributed by atoms with Crippen molar-refractivity contribution in [3.8, 4) is 0 Å². The van der Waals surface area contributed by atoms with Gasteiger partial charge < -0.3 is 9.47 Å². The van der Waals surface area contributed by atoms with Crippen LogP contribution in [0.1, 0.15) is 25.0 Å². The Balaban J connectivity index is 2.76. The van der Waals surface area contributed by atoms with E-state index < -0.39 is 18.0 Å². The maximum absolute atomic E-state index is 12.5. The third-order valence-corrected chi connectivity index (χ3v) is 2.94. The zero-order chi connectivity index (χ0) is 15.9. The van der Waals surface area contributed by atoms with Gasteiger partial charge in [0.1, 0.15) is 0 Å². The molecule has 0 saturated heterocycles. The highest BCUT2D eigenvalue weighted by atomic mass is 19.4. The molecular weight excluding hydrogens is 285 g/mol. The summed E-state index contributed by atoms with van der Waals surface area (Å²) in [6.45, 7) is 4.57. The first kappa shape index (κ1) is 17.9. The Bertz CT molecular complexity index is 404. The molecule has 0 heterocycles. The lowest BCUT2D eigenvalue weighted by Gasteiger charge is -2.26. The molecule has 7 heteroatoms. The van der Waals surface area contributed by atoms with Crippen LogP contribution in [0.25, 0.3) is 0 Å². The standard InChI is InChI=1S/C14H21F3N2O2/c1-3-20-13(21-4-2)12(19-18)9-10-5-7-11(8-6-10)14(15,16)17/h5-8,12-13,19H,3-4,9,18H2,1-2H3. The molecule has 0 spiro atoms. The molecule has 0 radical (unpaired) electrons. The van der Waals surface area contributed by atoms with Crippen molar-refractivity contribution in [3.63, 3.8) is 0 Å². The number of nitrogens with one attached hydrogen (secondary N) is 1. The first-order valence-corrected chi connectivity index (χ1v) is 6.77. The summed E-state index contributed by atoms with van der Waals surface area (Å²) in [5, 5.41) is 0. The summed E-state index contributed by atoms with van der Waals surface area (Å²) in [6.07, 6.45) is -4.48. The highest BCUT2D eigenvalue weighted by Gasteiger charge is 2.30. The van der Waals surface area contributed by atoms with E-state index in [-0.39, 0.29) is 6.04 Å². The smallest absolute Gasteiger partial charge is 0.351 e. The topological polar surface area (TPSA) is 56.5 Å². The molecule has 0 aromatic heterocycles. The van der Waals surface area contributed by atoms with Crippen LogP contribution in [0.15, 0.2) is 24.3 Å². The summed E-state index contributed by atoms with van der Waals surface area (Å²) < 4.78 is 48.4. The van der Waals surface area contributed by atoms with Crippen molar-refractivity contribution in [2.45, 2.75) is 38.8 Å². The number of hydrazine groups is 1. The van der Waals surface area contributed by atoms with Gasteiger partial charge in [-0.1, -0.05) is 12.1 Å². The third-order valence-electron chi connectivity index (χ3n) is 2.94. The molecule has 0 aliphatic rings. The molecule has 4 nitrogen and oxygen atoms in total. The van der Waals surface area contributed by atoms with Crippen LogP contribution in [0.3, 0.4) is 0 Å². The third kappa shape index (κ3) is 5.62. The van der Waals surface area contributed by atoms with Gasteiger partial charge in [0.2, 0.25) is 0 Å². The van der Waals surface area contributed by atoms with Crippen LogP contribution < -0.4 is 11.3 Å². The number of hydrogen-bond acceptors (Lipinski definition) is 4. The number of nitrogens with two attached hydrogens (primary N) is 1. The van der Waals surface area contributed by atoms with Crippen molar-refractivity contribution in [1.82, 2.24) is 5.43 Å². The number of hydrogen-bond donors (Lipinski definition) is 2. The Morgan fingerprint density at radius 2 is 1.62 bits per heavy atom. The molecule has 120 valence electrons. The fourth-order valence-electron chi connectivity index (χ4n) is 1.93. The van der Waals surface area contributed by atoms with Crippen LogP contribution >= 0.6 is 0 Å². The van der Waals surface area contributed by atoms with Gasteiger partial charge >= 0.3 is 6.18 Å².